The van der Waals surface area contributed by atoms with Gasteiger partial charge in [0, 0.05) is 23.7 Å². The zero-order valence-corrected chi connectivity index (χ0v) is 11.9. The molecule has 2 N–H and O–H groups in total. The molecule has 0 spiro atoms. The lowest BCUT2D eigenvalue weighted by Crippen LogP contribution is -2.30. The molecule has 0 atom stereocenters. The first-order valence-corrected chi connectivity index (χ1v) is 6.64. The molecule has 0 aliphatic heterocycles. The molecule has 0 saturated carbocycles. The first-order chi connectivity index (χ1) is 10.1. The highest BCUT2D eigenvalue weighted by Crippen LogP contribution is 2.13. The molecule has 110 valence electrons. The van der Waals surface area contributed by atoms with Crippen LogP contribution < -0.4 is 11.0 Å². The summed E-state index contributed by atoms with van der Waals surface area (Å²) < 4.78 is 0. The number of aromatic amines is 1. The fraction of sp³-hybridized carbons (Fsp3) is 0.267. The van der Waals surface area contributed by atoms with Crippen LogP contribution in [0.4, 0.5) is 0 Å². The minimum Gasteiger partial charge on any atom is -0.321 e. The number of carbonyl (C=O) groups excluding carboxylic acids is 1. The third kappa shape index (κ3) is 4.00. The van der Waals surface area contributed by atoms with Crippen LogP contribution in [0.25, 0.3) is 11.3 Å². The Morgan fingerprint density at radius 1 is 1.29 bits per heavy atom. The number of H-pyrrole nitrogens is 1. The van der Waals surface area contributed by atoms with Crippen LogP contribution in [0.2, 0.25) is 0 Å². The van der Waals surface area contributed by atoms with Gasteiger partial charge in [0.25, 0.3) is 11.5 Å². The van der Waals surface area contributed by atoms with Crippen LogP contribution >= 0.6 is 0 Å². The lowest BCUT2D eigenvalue weighted by Gasteiger charge is -2.08. The van der Waals surface area contributed by atoms with E-state index >= 15 is 0 Å². The highest BCUT2D eigenvalue weighted by molar-refractivity contribution is 5.93. The average Bonchev–Trinajstić information content (AvgIpc) is 2.47. The molecule has 0 aromatic carbocycles. The number of carbonyl (C=O) groups is 1. The number of nitrogens with zero attached hydrogens (tertiary/aromatic N) is 1. The summed E-state index contributed by atoms with van der Waals surface area (Å²) in [6, 6.07) is 6.70. The van der Waals surface area contributed by atoms with Gasteiger partial charge in [-0.3, -0.25) is 19.4 Å². The van der Waals surface area contributed by atoms with E-state index in [1.807, 2.05) is 13.8 Å². The molecule has 21 heavy (non-hydrogen) atoms. The van der Waals surface area contributed by atoms with Crippen molar-refractivity contribution in [1.82, 2.24) is 15.4 Å². The van der Waals surface area contributed by atoms with Crippen molar-refractivity contribution in [2.75, 3.05) is 6.61 Å². The van der Waals surface area contributed by atoms with E-state index in [1.54, 1.807) is 30.6 Å². The molecule has 0 fully saturated rings. The highest BCUT2D eigenvalue weighted by atomic mass is 16.6. The summed E-state index contributed by atoms with van der Waals surface area (Å²) in [4.78, 5) is 35.4. The molecular weight excluding hydrogens is 270 g/mol. The lowest BCUT2D eigenvalue weighted by molar-refractivity contribution is 0.0207. The summed E-state index contributed by atoms with van der Waals surface area (Å²) in [7, 11) is 0. The molecule has 6 heteroatoms. The van der Waals surface area contributed by atoms with Crippen molar-refractivity contribution in [1.29, 1.82) is 0 Å². The topological polar surface area (TPSA) is 84.1 Å². The van der Waals surface area contributed by atoms with Crippen molar-refractivity contribution in [3.63, 3.8) is 0 Å². The number of pyridine rings is 2. The summed E-state index contributed by atoms with van der Waals surface area (Å²) in [5.41, 5.74) is 3.26. The molecule has 2 aromatic rings. The second-order valence-electron chi connectivity index (χ2n) is 4.99. The van der Waals surface area contributed by atoms with E-state index in [4.69, 9.17) is 4.84 Å². The van der Waals surface area contributed by atoms with E-state index in [1.165, 1.54) is 6.07 Å². The van der Waals surface area contributed by atoms with E-state index in [-0.39, 0.29) is 11.5 Å². The van der Waals surface area contributed by atoms with E-state index in [9.17, 15) is 9.59 Å². The van der Waals surface area contributed by atoms with Crippen LogP contribution in [0.3, 0.4) is 0 Å². The SMILES string of the molecule is CC(C)CONC(=O)c1ccc(-c2ccncc2)[nH]c1=O. The number of hydrogen-bond acceptors (Lipinski definition) is 4. The highest BCUT2D eigenvalue weighted by Gasteiger charge is 2.11. The van der Waals surface area contributed by atoms with Gasteiger partial charge < -0.3 is 4.98 Å². The van der Waals surface area contributed by atoms with E-state index in [0.29, 0.717) is 12.3 Å². The van der Waals surface area contributed by atoms with Crippen molar-refractivity contribution in [2.24, 2.45) is 5.92 Å². The largest absolute Gasteiger partial charge is 0.321 e. The van der Waals surface area contributed by atoms with Gasteiger partial charge in [0.2, 0.25) is 0 Å². The molecule has 2 rings (SSSR count). The van der Waals surface area contributed by atoms with Crippen molar-refractivity contribution < 1.29 is 9.63 Å². The first kappa shape index (κ1) is 14.9. The summed E-state index contributed by atoms with van der Waals surface area (Å²) in [6.45, 7) is 4.31. The third-order valence-corrected chi connectivity index (χ3v) is 2.73. The van der Waals surface area contributed by atoms with Gasteiger partial charge in [-0.05, 0) is 30.2 Å². The van der Waals surface area contributed by atoms with Crippen LogP contribution in [0.15, 0.2) is 41.5 Å². The predicted molar refractivity (Wildman–Crippen MR) is 78.5 cm³/mol. The normalized spacial score (nSPS) is 10.6. The zero-order chi connectivity index (χ0) is 15.2. The van der Waals surface area contributed by atoms with Crippen molar-refractivity contribution >= 4 is 5.91 Å². The molecule has 0 unspecified atom stereocenters. The average molecular weight is 287 g/mol. The number of rotatable bonds is 5. The van der Waals surface area contributed by atoms with Gasteiger partial charge in [-0.15, -0.1) is 0 Å². The summed E-state index contributed by atoms with van der Waals surface area (Å²) in [5.74, 6) is -0.268. The van der Waals surface area contributed by atoms with Gasteiger partial charge in [0.1, 0.15) is 5.56 Å². The second kappa shape index (κ2) is 6.81. The van der Waals surface area contributed by atoms with Gasteiger partial charge in [0.05, 0.1) is 6.61 Å². The molecule has 2 heterocycles. The molecule has 6 nitrogen and oxygen atoms in total. The Labute approximate surface area is 122 Å². The Morgan fingerprint density at radius 2 is 2.00 bits per heavy atom. The van der Waals surface area contributed by atoms with Crippen LogP contribution in [0, 0.1) is 5.92 Å². The Hall–Kier alpha value is -2.47. The smallest absolute Gasteiger partial charge is 0.280 e. The molecule has 1 amide bonds. The zero-order valence-electron chi connectivity index (χ0n) is 11.9. The molecule has 0 radical (unpaired) electrons. The summed E-state index contributed by atoms with van der Waals surface area (Å²) >= 11 is 0. The number of hydroxylamine groups is 1. The van der Waals surface area contributed by atoms with Gasteiger partial charge in [-0.25, -0.2) is 5.48 Å². The number of aromatic nitrogens is 2. The summed E-state index contributed by atoms with van der Waals surface area (Å²) in [6.07, 6.45) is 3.27. The monoisotopic (exact) mass is 287 g/mol. The number of hydrogen-bond donors (Lipinski definition) is 2. The second-order valence-corrected chi connectivity index (χ2v) is 4.99. The molecule has 2 aromatic heterocycles. The minimum atomic E-state index is -0.557. The number of nitrogens with one attached hydrogen (secondary N) is 2. The fourth-order valence-corrected chi connectivity index (χ4v) is 1.68. The lowest BCUT2D eigenvalue weighted by atomic mass is 10.1. The predicted octanol–water partition coefficient (Wildman–Crippen LogP) is 1.75. The van der Waals surface area contributed by atoms with E-state index < -0.39 is 11.5 Å². The van der Waals surface area contributed by atoms with Crippen molar-refractivity contribution in [2.45, 2.75) is 13.8 Å². The van der Waals surface area contributed by atoms with Crippen molar-refractivity contribution in [3.05, 3.63) is 52.6 Å². The first-order valence-electron chi connectivity index (χ1n) is 6.64. The van der Waals surface area contributed by atoms with Gasteiger partial charge in [-0.2, -0.15) is 0 Å². The van der Waals surface area contributed by atoms with Crippen LogP contribution in [0.1, 0.15) is 24.2 Å². The maximum Gasteiger partial charge on any atom is 0.280 e. The Morgan fingerprint density at radius 3 is 2.62 bits per heavy atom. The minimum absolute atomic E-state index is 0.0107. The van der Waals surface area contributed by atoms with Crippen LogP contribution in [0.5, 0.6) is 0 Å². The molecule has 0 saturated heterocycles. The van der Waals surface area contributed by atoms with Crippen LogP contribution in [-0.2, 0) is 4.84 Å². The Bertz CT molecular complexity index is 665. The third-order valence-electron chi connectivity index (χ3n) is 2.73. The molecule has 0 bridgehead atoms. The molecular formula is C15H17N3O3. The summed E-state index contributed by atoms with van der Waals surface area (Å²) in [5, 5.41) is 0. The quantitative estimate of drug-likeness (QED) is 0.821. The maximum absolute atomic E-state index is 12.0. The Balaban J connectivity index is 2.13. The number of amides is 1. The molecule has 0 aliphatic rings. The van der Waals surface area contributed by atoms with Gasteiger partial charge in [0.15, 0.2) is 0 Å². The Kier molecular flexibility index (Phi) is 4.84. The van der Waals surface area contributed by atoms with Gasteiger partial charge >= 0.3 is 0 Å². The standard InChI is InChI=1S/C15H17N3O3/c1-10(2)9-21-18-15(20)12-3-4-13(17-14(12)19)11-5-7-16-8-6-11/h3-8,10H,9H2,1-2H3,(H,17,19)(H,18,20). The maximum atomic E-state index is 12.0. The van der Waals surface area contributed by atoms with E-state index in [0.717, 1.165) is 5.56 Å². The van der Waals surface area contributed by atoms with Crippen LogP contribution in [-0.4, -0.2) is 22.5 Å². The van der Waals surface area contributed by atoms with Crippen molar-refractivity contribution in [3.8, 4) is 11.3 Å². The fourth-order valence-electron chi connectivity index (χ4n) is 1.68. The van der Waals surface area contributed by atoms with Gasteiger partial charge in [-0.1, -0.05) is 13.8 Å². The van der Waals surface area contributed by atoms with E-state index in [2.05, 4.69) is 15.4 Å². The molecule has 0 aliphatic carbocycles.